The molecule has 0 bridgehead atoms. The van der Waals surface area contributed by atoms with Gasteiger partial charge in [0.05, 0.1) is 29.7 Å². The minimum absolute atomic E-state index is 0.0263. The van der Waals surface area contributed by atoms with Crippen molar-refractivity contribution in [3.8, 4) is 11.4 Å². The van der Waals surface area contributed by atoms with Gasteiger partial charge in [0.25, 0.3) is 5.56 Å². The van der Waals surface area contributed by atoms with Crippen LogP contribution in [0.4, 0.5) is 0 Å². The highest BCUT2D eigenvalue weighted by atomic mass is 16.5. The minimum Gasteiger partial charge on any atom is -0.494 e. The van der Waals surface area contributed by atoms with Gasteiger partial charge in [-0.1, -0.05) is 36.4 Å². The monoisotopic (exact) mass is 412 g/mol. The molecule has 0 saturated heterocycles. The fourth-order valence-electron chi connectivity index (χ4n) is 4.44. The zero-order valence-corrected chi connectivity index (χ0v) is 17.7. The SMILES string of the molecule is CCOc1ccc(-n2c(C[NH+]3CCc4ccccc4C3)nc3ccccc3c2=O)cc1. The lowest BCUT2D eigenvalue weighted by molar-refractivity contribution is -0.930. The van der Waals surface area contributed by atoms with E-state index in [4.69, 9.17) is 9.72 Å². The van der Waals surface area contributed by atoms with E-state index in [2.05, 4.69) is 24.3 Å². The van der Waals surface area contributed by atoms with Gasteiger partial charge in [-0.15, -0.1) is 0 Å². The second kappa shape index (κ2) is 8.36. The molecule has 0 spiro atoms. The molecule has 5 heteroatoms. The van der Waals surface area contributed by atoms with Gasteiger partial charge in [0.1, 0.15) is 18.8 Å². The van der Waals surface area contributed by atoms with Crippen LogP contribution in [0.5, 0.6) is 5.75 Å². The Morgan fingerprint density at radius 3 is 2.52 bits per heavy atom. The molecule has 31 heavy (non-hydrogen) atoms. The fourth-order valence-corrected chi connectivity index (χ4v) is 4.44. The van der Waals surface area contributed by atoms with Crippen LogP contribution in [-0.2, 0) is 19.5 Å². The molecule has 0 saturated carbocycles. The highest BCUT2D eigenvalue weighted by Crippen LogP contribution is 2.17. The molecule has 1 N–H and O–H groups in total. The predicted octanol–water partition coefficient (Wildman–Crippen LogP) is 2.93. The molecule has 0 fully saturated rings. The van der Waals surface area contributed by atoms with Crippen LogP contribution in [-0.4, -0.2) is 22.7 Å². The number of benzene rings is 3. The minimum atomic E-state index is -0.0263. The molecule has 156 valence electrons. The van der Waals surface area contributed by atoms with Crippen LogP contribution < -0.4 is 15.2 Å². The van der Waals surface area contributed by atoms with Gasteiger partial charge >= 0.3 is 0 Å². The molecule has 1 atom stereocenters. The Bertz CT molecular complexity index is 1280. The van der Waals surface area contributed by atoms with Crippen molar-refractivity contribution in [3.63, 3.8) is 0 Å². The van der Waals surface area contributed by atoms with Crippen LogP contribution in [0.3, 0.4) is 0 Å². The first-order valence-electron chi connectivity index (χ1n) is 10.9. The number of rotatable bonds is 5. The molecule has 2 heterocycles. The quantitative estimate of drug-likeness (QED) is 0.548. The van der Waals surface area contributed by atoms with Crippen LogP contribution >= 0.6 is 0 Å². The summed E-state index contributed by atoms with van der Waals surface area (Å²) in [6.07, 6.45) is 1.05. The lowest BCUT2D eigenvalue weighted by Gasteiger charge is -2.26. The van der Waals surface area contributed by atoms with Crippen LogP contribution in [0.2, 0.25) is 0 Å². The summed E-state index contributed by atoms with van der Waals surface area (Å²) in [5, 5.41) is 0.638. The zero-order valence-electron chi connectivity index (χ0n) is 17.7. The molecular formula is C26H26N3O2+. The summed E-state index contributed by atoms with van der Waals surface area (Å²) in [5.74, 6) is 1.59. The molecule has 0 amide bonds. The predicted molar refractivity (Wildman–Crippen MR) is 122 cm³/mol. The molecule has 5 nitrogen and oxygen atoms in total. The van der Waals surface area contributed by atoms with Crippen molar-refractivity contribution in [2.45, 2.75) is 26.4 Å². The molecule has 0 aliphatic carbocycles. The van der Waals surface area contributed by atoms with E-state index in [0.717, 1.165) is 42.3 Å². The molecule has 0 radical (unpaired) electrons. The van der Waals surface area contributed by atoms with Crippen molar-refractivity contribution in [2.75, 3.05) is 13.2 Å². The van der Waals surface area contributed by atoms with Crippen molar-refractivity contribution >= 4 is 10.9 Å². The topological polar surface area (TPSA) is 48.6 Å². The number of aromatic nitrogens is 2. The van der Waals surface area contributed by atoms with Gasteiger partial charge in [-0.05, 0) is 48.9 Å². The number of nitrogens with zero attached hydrogens (tertiary/aromatic N) is 2. The van der Waals surface area contributed by atoms with E-state index in [-0.39, 0.29) is 5.56 Å². The maximum atomic E-state index is 13.5. The van der Waals surface area contributed by atoms with E-state index in [1.165, 1.54) is 16.0 Å². The van der Waals surface area contributed by atoms with Crippen molar-refractivity contribution in [1.29, 1.82) is 0 Å². The molecule has 1 unspecified atom stereocenters. The number of hydrogen-bond donors (Lipinski definition) is 1. The third-order valence-electron chi connectivity index (χ3n) is 5.97. The van der Waals surface area contributed by atoms with Gasteiger partial charge in [-0.2, -0.15) is 0 Å². The Morgan fingerprint density at radius 1 is 0.968 bits per heavy atom. The highest BCUT2D eigenvalue weighted by Gasteiger charge is 2.22. The molecule has 1 aliphatic rings. The van der Waals surface area contributed by atoms with Gasteiger partial charge in [0.15, 0.2) is 5.82 Å². The van der Waals surface area contributed by atoms with E-state index in [1.54, 1.807) is 4.57 Å². The zero-order chi connectivity index (χ0) is 21.2. The van der Waals surface area contributed by atoms with E-state index in [0.29, 0.717) is 18.5 Å². The second-order valence-corrected chi connectivity index (χ2v) is 7.98. The average Bonchev–Trinajstić information content (AvgIpc) is 2.80. The second-order valence-electron chi connectivity index (χ2n) is 7.98. The fraction of sp³-hybridized carbons (Fsp3) is 0.231. The van der Waals surface area contributed by atoms with Gasteiger partial charge < -0.3 is 9.64 Å². The van der Waals surface area contributed by atoms with Gasteiger partial charge in [-0.3, -0.25) is 9.36 Å². The van der Waals surface area contributed by atoms with Gasteiger partial charge in [0.2, 0.25) is 0 Å². The Balaban J connectivity index is 1.56. The molecule has 4 aromatic rings. The summed E-state index contributed by atoms with van der Waals surface area (Å²) < 4.78 is 7.34. The Hall–Kier alpha value is -3.44. The number of nitrogens with one attached hydrogen (secondary N) is 1. The molecule has 1 aromatic heterocycles. The molecular weight excluding hydrogens is 386 g/mol. The first-order chi connectivity index (χ1) is 15.2. The maximum Gasteiger partial charge on any atom is 0.266 e. The number of quaternary nitrogens is 1. The van der Waals surface area contributed by atoms with Crippen molar-refractivity contribution in [3.05, 3.63) is 100 Å². The third-order valence-corrected chi connectivity index (χ3v) is 5.97. The lowest BCUT2D eigenvalue weighted by atomic mass is 10.00. The van der Waals surface area contributed by atoms with Crippen molar-refractivity contribution < 1.29 is 9.64 Å². The summed E-state index contributed by atoms with van der Waals surface area (Å²) in [6, 6.07) is 23.9. The normalized spacial score (nSPS) is 15.6. The van der Waals surface area contributed by atoms with Crippen LogP contribution in [0.1, 0.15) is 23.9 Å². The Labute approximate surface area is 181 Å². The summed E-state index contributed by atoms with van der Waals surface area (Å²) in [6.45, 7) is 5.25. The summed E-state index contributed by atoms with van der Waals surface area (Å²) >= 11 is 0. The Kier molecular flexibility index (Phi) is 5.26. The standard InChI is InChI=1S/C26H25N3O2/c1-2-31-22-13-11-21(12-14-22)29-25(27-24-10-6-5-9-23(24)26(29)30)18-28-16-15-19-7-3-4-8-20(19)17-28/h3-14H,2,15-18H2,1H3/p+1. The Morgan fingerprint density at radius 2 is 1.71 bits per heavy atom. The summed E-state index contributed by atoms with van der Waals surface area (Å²) in [5.41, 5.74) is 4.36. The molecule has 3 aromatic carbocycles. The average molecular weight is 413 g/mol. The van der Waals surface area contributed by atoms with Crippen LogP contribution in [0, 0.1) is 0 Å². The highest BCUT2D eigenvalue weighted by molar-refractivity contribution is 5.77. The van der Waals surface area contributed by atoms with Gasteiger partial charge in [-0.25, -0.2) is 4.98 Å². The molecule has 1 aliphatic heterocycles. The van der Waals surface area contributed by atoms with E-state index in [1.807, 2.05) is 55.5 Å². The van der Waals surface area contributed by atoms with E-state index >= 15 is 0 Å². The maximum absolute atomic E-state index is 13.5. The van der Waals surface area contributed by atoms with Crippen molar-refractivity contribution in [2.24, 2.45) is 0 Å². The van der Waals surface area contributed by atoms with E-state index in [9.17, 15) is 4.79 Å². The van der Waals surface area contributed by atoms with E-state index < -0.39 is 0 Å². The van der Waals surface area contributed by atoms with Crippen molar-refractivity contribution in [1.82, 2.24) is 9.55 Å². The number of hydrogen-bond acceptors (Lipinski definition) is 3. The first kappa shape index (κ1) is 19.5. The molecule has 5 rings (SSSR count). The lowest BCUT2D eigenvalue weighted by Crippen LogP contribution is -3.10. The number of para-hydroxylation sites is 1. The third kappa shape index (κ3) is 3.84. The van der Waals surface area contributed by atoms with Gasteiger partial charge in [0, 0.05) is 12.0 Å². The largest absolute Gasteiger partial charge is 0.494 e. The number of ether oxygens (including phenoxy) is 1. The van der Waals surface area contributed by atoms with Crippen LogP contribution in [0.25, 0.3) is 16.6 Å². The smallest absolute Gasteiger partial charge is 0.266 e. The first-order valence-corrected chi connectivity index (χ1v) is 10.9. The summed E-state index contributed by atoms with van der Waals surface area (Å²) in [4.78, 5) is 19.8. The van der Waals surface area contributed by atoms with Crippen LogP contribution in [0.15, 0.2) is 77.6 Å². The number of fused-ring (bicyclic) bond motifs is 2. The summed E-state index contributed by atoms with van der Waals surface area (Å²) in [7, 11) is 0.